The molecule has 0 spiro atoms. The van der Waals surface area contributed by atoms with E-state index in [2.05, 4.69) is 18.6 Å². The maximum absolute atomic E-state index is 12.3. The summed E-state index contributed by atoms with van der Waals surface area (Å²) in [4.78, 5) is 0. The van der Waals surface area contributed by atoms with Gasteiger partial charge in [-0.2, -0.15) is 12.7 Å². The minimum Gasteiger partial charge on any atom is -0.373 e. The van der Waals surface area contributed by atoms with Gasteiger partial charge in [-0.25, -0.2) is 4.72 Å². The Morgan fingerprint density at radius 2 is 1.85 bits per heavy atom. The SMILES string of the molecule is CCCCC(CC)CNS(=O)(=O)N1CC(C)OC(C)C1. The molecule has 3 atom stereocenters. The standard InChI is InChI=1S/C14H30N2O3S/c1-5-7-8-14(6-2)9-15-20(17,18)16-10-12(3)19-13(4)11-16/h12-15H,5-11H2,1-4H3. The predicted octanol–water partition coefficient (Wildman–Crippen LogP) is 2.15. The molecule has 0 radical (unpaired) electrons. The molecule has 1 saturated heterocycles. The molecule has 1 aliphatic heterocycles. The molecule has 1 N–H and O–H groups in total. The highest BCUT2D eigenvalue weighted by atomic mass is 32.2. The van der Waals surface area contributed by atoms with E-state index in [1.807, 2.05) is 13.8 Å². The first-order valence-electron chi connectivity index (χ1n) is 7.79. The number of nitrogens with zero attached hydrogens (tertiary/aromatic N) is 1. The largest absolute Gasteiger partial charge is 0.373 e. The number of unbranched alkanes of at least 4 members (excludes halogenated alkanes) is 1. The number of ether oxygens (including phenoxy) is 1. The summed E-state index contributed by atoms with van der Waals surface area (Å²) in [6.07, 6.45) is 4.33. The van der Waals surface area contributed by atoms with Crippen LogP contribution in [0.2, 0.25) is 0 Å². The van der Waals surface area contributed by atoms with Crippen LogP contribution in [0.3, 0.4) is 0 Å². The van der Waals surface area contributed by atoms with Crippen molar-refractivity contribution in [1.29, 1.82) is 0 Å². The Hall–Kier alpha value is -0.170. The predicted molar refractivity (Wildman–Crippen MR) is 81.8 cm³/mol. The molecular formula is C14H30N2O3S. The van der Waals surface area contributed by atoms with Gasteiger partial charge in [0.2, 0.25) is 0 Å². The van der Waals surface area contributed by atoms with Crippen molar-refractivity contribution in [1.82, 2.24) is 9.03 Å². The highest BCUT2D eigenvalue weighted by Crippen LogP contribution is 2.15. The van der Waals surface area contributed by atoms with Crippen LogP contribution in [0.25, 0.3) is 0 Å². The lowest BCUT2D eigenvalue weighted by Crippen LogP contribution is -2.52. The van der Waals surface area contributed by atoms with Gasteiger partial charge in [-0.3, -0.25) is 0 Å². The third-order valence-corrected chi connectivity index (χ3v) is 5.33. The summed E-state index contributed by atoms with van der Waals surface area (Å²) in [5.74, 6) is 0.431. The number of rotatable bonds is 8. The van der Waals surface area contributed by atoms with Crippen molar-refractivity contribution in [3.8, 4) is 0 Å². The summed E-state index contributed by atoms with van der Waals surface area (Å²) in [6.45, 7) is 9.51. The van der Waals surface area contributed by atoms with Gasteiger partial charge in [0.1, 0.15) is 0 Å². The molecule has 5 nitrogen and oxygen atoms in total. The first kappa shape index (κ1) is 17.9. The van der Waals surface area contributed by atoms with Crippen LogP contribution in [0, 0.1) is 5.92 Å². The highest BCUT2D eigenvalue weighted by Gasteiger charge is 2.30. The molecule has 0 amide bonds. The van der Waals surface area contributed by atoms with E-state index in [9.17, 15) is 8.42 Å². The van der Waals surface area contributed by atoms with Gasteiger partial charge in [0, 0.05) is 19.6 Å². The number of hydrogen-bond donors (Lipinski definition) is 1. The van der Waals surface area contributed by atoms with Crippen molar-refractivity contribution in [3.63, 3.8) is 0 Å². The van der Waals surface area contributed by atoms with Crippen molar-refractivity contribution in [3.05, 3.63) is 0 Å². The van der Waals surface area contributed by atoms with Gasteiger partial charge in [0.15, 0.2) is 0 Å². The molecule has 0 aromatic heterocycles. The van der Waals surface area contributed by atoms with Crippen molar-refractivity contribution in [2.75, 3.05) is 19.6 Å². The second-order valence-corrected chi connectivity index (χ2v) is 7.60. The van der Waals surface area contributed by atoms with Crippen molar-refractivity contribution < 1.29 is 13.2 Å². The summed E-state index contributed by atoms with van der Waals surface area (Å²) in [5.41, 5.74) is 0. The molecule has 0 aromatic carbocycles. The van der Waals surface area contributed by atoms with Gasteiger partial charge in [-0.15, -0.1) is 0 Å². The Labute approximate surface area is 124 Å². The zero-order valence-electron chi connectivity index (χ0n) is 13.3. The zero-order chi connectivity index (χ0) is 15.2. The lowest BCUT2D eigenvalue weighted by molar-refractivity contribution is -0.0444. The topological polar surface area (TPSA) is 58.6 Å². The Balaban J connectivity index is 2.51. The highest BCUT2D eigenvalue weighted by molar-refractivity contribution is 7.87. The normalized spacial score (nSPS) is 26.6. The fourth-order valence-electron chi connectivity index (χ4n) is 2.58. The smallest absolute Gasteiger partial charge is 0.279 e. The molecule has 0 saturated carbocycles. The van der Waals surface area contributed by atoms with Crippen LogP contribution >= 0.6 is 0 Å². The Kier molecular flexibility index (Phi) is 7.43. The Morgan fingerprint density at radius 1 is 1.25 bits per heavy atom. The van der Waals surface area contributed by atoms with Crippen LogP contribution in [0.15, 0.2) is 0 Å². The third-order valence-electron chi connectivity index (χ3n) is 3.82. The summed E-state index contributed by atoms with van der Waals surface area (Å²) < 4.78 is 34.5. The van der Waals surface area contributed by atoms with Crippen molar-refractivity contribution in [2.45, 2.75) is 65.6 Å². The molecule has 6 heteroatoms. The average Bonchev–Trinajstić information content (AvgIpc) is 2.38. The first-order chi connectivity index (χ1) is 9.39. The fourth-order valence-corrected chi connectivity index (χ4v) is 4.03. The second-order valence-electron chi connectivity index (χ2n) is 5.84. The summed E-state index contributed by atoms with van der Waals surface area (Å²) in [7, 11) is -3.38. The molecule has 3 unspecified atom stereocenters. The molecule has 1 heterocycles. The average molecular weight is 306 g/mol. The van der Waals surface area contributed by atoms with Crippen LogP contribution in [0.4, 0.5) is 0 Å². The number of nitrogens with one attached hydrogen (secondary N) is 1. The zero-order valence-corrected chi connectivity index (χ0v) is 14.1. The monoisotopic (exact) mass is 306 g/mol. The molecular weight excluding hydrogens is 276 g/mol. The minimum atomic E-state index is -3.38. The van der Waals surface area contributed by atoms with Gasteiger partial charge >= 0.3 is 0 Å². The van der Waals surface area contributed by atoms with E-state index < -0.39 is 10.2 Å². The summed E-state index contributed by atoms with van der Waals surface area (Å²) in [5, 5.41) is 0. The number of morpholine rings is 1. The molecule has 20 heavy (non-hydrogen) atoms. The van der Waals surface area contributed by atoms with E-state index in [1.165, 1.54) is 4.31 Å². The van der Waals surface area contributed by atoms with Crippen LogP contribution in [-0.4, -0.2) is 44.6 Å². The van der Waals surface area contributed by atoms with E-state index in [0.29, 0.717) is 25.6 Å². The fraction of sp³-hybridized carbons (Fsp3) is 1.00. The molecule has 120 valence electrons. The molecule has 1 fully saturated rings. The second kappa shape index (κ2) is 8.32. The van der Waals surface area contributed by atoms with E-state index in [0.717, 1.165) is 25.7 Å². The van der Waals surface area contributed by atoms with Gasteiger partial charge in [0.05, 0.1) is 12.2 Å². The summed E-state index contributed by atoms with van der Waals surface area (Å²) >= 11 is 0. The minimum absolute atomic E-state index is 0.0441. The van der Waals surface area contributed by atoms with E-state index in [-0.39, 0.29) is 12.2 Å². The summed E-state index contributed by atoms with van der Waals surface area (Å²) in [6, 6.07) is 0. The van der Waals surface area contributed by atoms with Crippen molar-refractivity contribution >= 4 is 10.2 Å². The van der Waals surface area contributed by atoms with Gasteiger partial charge in [-0.05, 0) is 26.2 Å². The Bertz CT molecular complexity index is 363. The van der Waals surface area contributed by atoms with Gasteiger partial charge in [-0.1, -0.05) is 33.1 Å². The van der Waals surface area contributed by atoms with E-state index in [1.54, 1.807) is 0 Å². The quantitative estimate of drug-likeness (QED) is 0.747. The lowest BCUT2D eigenvalue weighted by atomic mass is 10.00. The van der Waals surface area contributed by atoms with Crippen LogP contribution in [0.5, 0.6) is 0 Å². The molecule has 1 aliphatic rings. The number of hydrogen-bond acceptors (Lipinski definition) is 3. The molecule has 0 aliphatic carbocycles. The molecule has 0 aromatic rings. The van der Waals surface area contributed by atoms with Gasteiger partial charge in [0.25, 0.3) is 10.2 Å². The van der Waals surface area contributed by atoms with Crippen LogP contribution in [0.1, 0.15) is 53.4 Å². The van der Waals surface area contributed by atoms with Gasteiger partial charge < -0.3 is 4.74 Å². The molecule has 1 rings (SSSR count). The van der Waals surface area contributed by atoms with E-state index >= 15 is 0 Å². The Morgan fingerprint density at radius 3 is 2.35 bits per heavy atom. The van der Waals surface area contributed by atoms with E-state index in [4.69, 9.17) is 4.74 Å². The van der Waals surface area contributed by atoms with Crippen LogP contribution in [-0.2, 0) is 14.9 Å². The first-order valence-corrected chi connectivity index (χ1v) is 9.23. The molecule has 0 bridgehead atoms. The van der Waals surface area contributed by atoms with Crippen molar-refractivity contribution in [2.24, 2.45) is 5.92 Å². The lowest BCUT2D eigenvalue weighted by Gasteiger charge is -2.34. The van der Waals surface area contributed by atoms with Crippen LogP contribution < -0.4 is 4.72 Å². The maximum atomic E-state index is 12.3. The maximum Gasteiger partial charge on any atom is 0.279 e. The third kappa shape index (κ3) is 5.68.